The maximum atomic E-state index is 11.8. The fourth-order valence-corrected chi connectivity index (χ4v) is 2.03. The molecule has 2 heterocycles. The molecule has 90 valence electrons. The summed E-state index contributed by atoms with van der Waals surface area (Å²) in [6.07, 6.45) is 1.35. The van der Waals surface area contributed by atoms with E-state index in [0.717, 1.165) is 11.3 Å². The number of H-pyrrole nitrogens is 1. The Morgan fingerprint density at radius 2 is 2.11 bits per heavy atom. The van der Waals surface area contributed by atoms with Gasteiger partial charge >= 0.3 is 0 Å². The molecule has 0 unspecified atom stereocenters. The molecule has 0 saturated carbocycles. The Bertz CT molecular complexity index is 790. The molecule has 2 aromatic heterocycles. The maximum Gasteiger partial charge on any atom is 0.295 e. The summed E-state index contributed by atoms with van der Waals surface area (Å²) in [5.41, 5.74) is 7.33. The summed E-state index contributed by atoms with van der Waals surface area (Å²) >= 11 is 6.10. The van der Waals surface area contributed by atoms with Crippen molar-refractivity contribution in [2.45, 2.75) is 0 Å². The summed E-state index contributed by atoms with van der Waals surface area (Å²) in [7, 11) is 0. The first-order valence-electron chi connectivity index (χ1n) is 5.28. The van der Waals surface area contributed by atoms with Crippen molar-refractivity contribution in [3.63, 3.8) is 0 Å². The Hall–Kier alpha value is -2.27. The Kier molecular flexibility index (Phi) is 2.34. The normalized spacial score (nSPS) is 10.9. The van der Waals surface area contributed by atoms with E-state index in [4.69, 9.17) is 17.3 Å². The number of aromatic amines is 1. The number of anilines is 1. The predicted octanol–water partition coefficient (Wildman–Crippen LogP) is 1.93. The minimum atomic E-state index is -0.321. The summed E-state index contributed by atoms with van der Waals surface area (Å²) < 4.78 is 1.30. The van der Waals surface area contributed by atoms with Crippen molar-refractivity contribution in [3.05, 3.63) is 51.9 Å². The fraction of sp³-hybridized carbons (Fsp3) is 0. The monoisotopic (exact) mass is 260 g/mol. The summed E-state index contributed by atoms with van der Waals surface area (Å²) in [5, 5.41) is 3.54. The molecule has 6 heteroatoms. The molecule has 1 aromatic carbocycles. The zero-order chi connectivity index (χ0) is 12.7. The zero-order valence-corrected chi connectivity index (χ0v) is 9.98. The minimum Gasteiger partial charge on any atom is -0.393 e. The second-order valence-electron chi connectivity index (χ2n) is 3.86. The van der Waals surface area contributed by atoms with E-state index in [9.17, 15) is 4.79 Å². The molecule has 0 fully saturated rings. The number of nitrogens with zero attached hydrogens (tertiary/aromatic N) is 2. The number of nitrogen functional groups attached to an aromatic ring is 1. The van der Waals surface area contributed by atoms with Gasteiger partial charge in [0.1, 0.15) is 5.69 Å². The molecule has 0 radical (unpaired) electrons. The molecule has 5 nitrogen and oxygen atoms in total. The van der Waals surface area contributed by atoms with E-state index in [1.165, 1.54) is 10.7 Å². The van der Waals surface area contributed by atoms with Crippen LogP contribution in [-0.4, -0.2) is 14.6 Å². The molecular weight excluding hydrogens is 252 g/mol. The molecule has 18 heavy (non-hydrogen) atoms. The number of nitrogens with two attached hydrogens (primary N) is 1. The number of fused-ring (bicyclic) bond motifs is 1. The lowest BCUT2D eigenvalue weighted by Gasteiger charge is -1.99. The van der Waals surface area contributed by atoms with Crippen LogP contribution in [0, 0.1) is 0 Å². The van der Waals surface area contributed by atoms with E-state index in [2.05, 4.69) is 10.1 Å². The van der Waals surface area contributed by atoms with Gasteiger partial charge in [-0.15, -0.1) is 0 Å². The van der Waals surface area contributed by atoms with E-state index in [0.29, 0.717) is 10.7 Å². The lowest BCUT2D eigenvalue weighted by atomic mass is 10.1. The number of hydrogen-bond donors (Lipinski definition) is 2. The van der Waals surface area contributed by atoms with Gasteiger partial charge in [-0.2, -0.15) is 4.52 Å². The highest BCUT2D eigenvalue weighted by Gasteiger charge is 2.09. The number of nitrogens with one attached hydrogen (secondary N) is 1. The summed E-state index contributed by atoms with van der Waals surface area (Å²) in [4.78, 5) is 15.9. The quantitative estimate of drug-likeness (QED) is 0.702. The van der Waals surface area contributed by atoms with Crippen molar-refractivity contribution >= 4 is 22.9 Å². The Balaban J connectivity index is 2.30. The molecule has 0 amide bonds. The van der Waals surface area contributed by atoms with Crippen LogP contribution in [0.3, 0.4) is 0 Å². The van der Waals surface area contributed by atoms with Crippen LogP contribution in [0.1, 0.15) is 0 Å². The number of hydrogen-bond acceptors (Lipinski definition) is 3. The lowest BCUT2D eigenvalue weighted by molar-refractivity contribution is 0.907. The number of rotatable bonds is 1. The van der Waals surface area contributed by atoms with Gasteiger partial charge in [0.15, 0.2) is 5.65 Å². The summed E-state index contributed by atoms with van der Waals surface area (Å²) in [5.74, 6) is 0. The average molecular weight is 261 g/mol. The third-order valence-electron chi connectivity index (χ3n) is 2.68. The van der Waals surface area contributed by atoms with Crippen molar-refractivity contribution in [2.75, 3.05) is 5.73 Å². The smallest absolute Gasteiger partial charge is 0.295 e. The van der Waals surface area contributed by atoms with Crippen LogP contribution < -0.4 is 11.3 Å². The van der Waals surface area contributed by atoms with Crippen LogP contribution in [-0.2, 0) is 0 Å². The third kappa shape index (κ3) is 1.56. The van der Waals surface area contributed by atoms with Crippen LogP contribution >= 0.6 is 11.6 Å². The summed E-state index contributed by atoms with van der Waals surface area (Å²) in [6.45, 7) is 0. The number of aromatic nitrogens is 3. The lowest BCUT2D eigenvalue weighted by Crippen LogP contribution is -2.18. The van der Waals surface area contributed by atoms with Crippen LogP contribution in [0.2, 0.25) is 5.02 Å². The molecule has 0 aliphatic carbocycles. The molecule has 0 aliphatic heterocycles. The minimum absolute atomic E-state index is 0.0973. The topological polar surface area (TPSA) is 76.2 Å². The molecule has 3 aromatic rings. The molecule has 0 atom stereocenters. The predicted molar refractivity (Wildman–Crippen MR) is 70.7 cm³/mol. The van der Waals surface area contributed by atoms with Crippen molar-refractivity contribution < 1.29 is 0 Å². The van der Waals surface area contributed by atoms with Crippen LogP contribution in [0.4, 0.5) is 5.69 Å². The summed E-state index contributed by atoms with van der Waals surface area (Å²) in [6, 6.07) is 9.12. The molecule has 3 rings (SSSR count). The number of benzene rings is 1. The Morgan fingerprint density at radius 3 is 2.89 bits per heavy atom. The van der Waals surface area contributed by atoms with E-state index in [-0.39, 0.29) is 11.2 Å². The first-order chi connectivity index (χ1) is 8.66. The molecule has 3 N–H and O–H groups in total. The van der Waals surface area contributed by atoms with Crippen LogP contribution in [0.15, 0.2) is 41.3 Å². The second kappa shape index (κ2) is 3.89. The molecule has 0 saturated heterocycles. The van der Waals surface area contributed by atoms with Gasteiger partial charge in [0.25, 0.3) is 5.56 Å². The maximum absolute atomic E-state index is 11.8. The van der Waals surface area contributed by atoms with Crippen molar-refractivity contribution in [1.82, 2.24) is 14.6 Å². The van der Waals surface area contributed by atoms with Gasteiger partial charge in [0.05, 0.1) is 11.9 Å². The highest BCUT2D eigenvalue weighted by Crippen LogP contribution is 2.26. The molecule has 0 bridgehead atoms. The van der Waals surface area contributed by atoms with Gasteiger partial charge in [-0.05, 0) is 6.07 Å². The van der Waals surface area contributed by atoms with Gasteiger partial charge in [0, 0.05) is 16.7 Å². The van der Waals surface area contributed by atoms with Gasteiger partial charge in [-0.3, -0.25) is 9.89 Å². The first kappa shape index (κ1) is 10.9. The zero-order valence-electron chi connectivity index (χ0n) is 9.22. The Morgan fingerprint density at radius 1 is 1.33 bits per heavy atom. The van der Waals surface area contributed by atoms with E-state index < -0.39 is 0 Å². The van der Waals surface area contributed by atoms with Crippen molar-refractivity contribution in [1.29, 1.82) is 0 Å². The van der Waals surface area contributed by atoms with Crippen molar-refractivity contribution in [2.24, 2.45) is 0 Å². The number of halogens is 1. The van der Waals surface area contributed by atoms with Crippen molar-refractivity contribution in [3.8, 4) is 11.3 Å². The van der Waals surface area contributed by atoms with Crippen LogP contribution in [0.25, 0.3) is 16.9 Å². The van der Waals surface area contributed by atoms with E-state index in [1.807, 2.05) is 18.2 Å². The van der Waals surface area contributed by atoms with Gasteiger partial charge in [-0.1, -0.05) is 29.8 Å². The van der Waals surface area contributed by atoms with Crippen LogP contribution in [0.5, 0.6) is 0 Å². The van der Waals surface area contributed by atoms with Gasteiger partial charge in [0.2, 0.25) is 0 Å². The SMILES string of the molecule is Nc1cnc2cc(-c3ccccc3Cl)[nH]n2c1=O. The second-order valence-corrected chi connectivity index (χ2v) is 4.27. The standard InChI is InChI=1S/C12H9ClN4O/c13-8-4-2-1-3-7(8)10-5-11-15-6-9(14)12(18)17(11)16-10/h1-6,16H,14H2. The highest BCUT2D eigenvalue weighted by molar-refractivity contribution is 6.33. The largest absolute Gasteiger partial charge is 0.393 e. The van der Waals surface area contributed by atoms with E-state index >= 15 is 0 Å². The van der Waals surface area contributed by atoms with Gasteiger partial charge in [-0.25, -0.2) is 4.98 Å². The van der Waals surface area contributed by atoms with E-state index in [1.54, 1.807) is 12.1 Å². The molecule has 0 aliphatic rings. The fourth-order valence-electron chi connectivity index (χ4n) is 1.79. The van der Waals surface area contributed by atoms with Gasteiger partial charge < -0.3 is 5.73 Å². The highest BCUT2D eigenvalue weighted by atomic mass is 35.5. The third-order valence-corrected chi connectivity index (χ3v) is 3.01. The molecule has 0 spiro atoms. The first-order valence-corrected chi connectivity index (χ1v) is 5.66. The Labute approximate surface area is 107 Å². The average Bonchev–Trinajstić information content (AvgIpc) is 2.79. The molecular formula is C12H9ClN4O.